The first-order valence-electron chi connectivity index (χ1n) is 7.42. The Hall–Kier alpha value is -1.59. The van der Waals surface area contributed by atoms with Gasteiger partial charge in [0.25, 0.3) is 0 Å². The molecule has 5 nitrogen and oxygen atoms in total. The lowest BCUT2D eigenvalue weighted by molar-refractivity contribution is -0.115. The Labute approximate surface area is 126 Å². The van der Waals surface area contributed by atoms with Gasteiger partial charge in [0.2, 0.25) is 5.91 Å². The molecule has 2 rings (SSSR count). The highest BCUT2D eigenvalue weighted by Crippen LogP contribution is 2.18. The summed E-state index contributed by atoms with van der Waals surface area (Å²) in [5.41, 5.74) is 1.94. The molecule has 5 heteroatoms. The van der Waals surface area contributed by atoms with E-state index in [-0.39, 0.29) is 11.4 Å². The van der Waals surface area contributed by atoms with Crippen molar-refractivity contribution >= 4 is 17.3 Å². The van der Waals surface area contributed by atoms with Crippen molar-refractivity contribution in [1.82, 2.24) is 5.32 Å². The Bertz CT molecular complexity index is 459. The fourth-order valence-electron chi connectivity index (χ4n) is 2.13. The predicted octanol–water partition coefficient (Wildman–Crippen LogP) is 1.85. The van der Waals surface area contributed by atoms with Crippen molar-refractivity contribution in [1.29, 1.82) is 0 Å². The highest BCUT2D eigenvalue weighted by atomic mass is 16.5. The number of anilines is 2. The third kappa shape index (κ3) is 5.36. The molecule has 1 aromatic rings. The lowest BCUT2D eigenvalue weighted by atomic mass is 10.1. The molecule has 0 bridgehead atoms. The quantitative estimate of drug-likeness (QED) is 0.889. The maximum Gasteiger partial charge on any atom is 0.238 e. The van der Waals surface area contributed by atoms with Gasteiger partial charge in [-0.3, -0.25) is 4.79 Å². The van der Waals surface area contributed by atoms with Gasteiger partial charge in [-0.05, 0) is 45.0 Å². The second kappa shape index (κ2) is 6.91. The van der Waals surface area contributed by atoms with Gasteiger partial charge in [-0.15, -0.1) is 0 Å². The SMILES string of the molecule is CC(C)(C)NCC(=O)Nc1ccc(N2CCOCC2)cc1. The molecule has 1 aliphatic rings. The standard InChI is InChI=1S/C16H25N3O2/c1-16(2,3)17-12-15(20)18-13-4-6-14(7-5-13)19-8-10-21-11-9-19/h4-7,17H,8-12H2,1-3H3,(H,18,20). The van der Waals surface area contributed by atoms with Crippen LogP contribution >= 0.6 is 0 Å². The molecule has 0 unspecified atom stereocenters. The zero-order valence-electron chi connectivity index (χ0n) is 13.1. The number of morpholine rings is 1. The van der Waals surface area contributed by atoms with Crippen LogP contribution in [0.3, 0.4) is 0 Å². The Kier molecular flexibility index (Phi) is 5.20. The molecule has 1 saturated heterocycles. The Morgan fingerprint density at radius 1 is 1.19 bits per heavy atom. The van der Waals surface area contributed by atoms with Gasteiger partial charge in [0, 0.05) is 30.0 Å². The largest absolute Gasteiger partial charge is 0.378 e. The molecule has 116 valence electrons. The molecule has 2 N–H and O–H groups in total. The van der Waals surface area contributed by atoms with E-state index in [1.165, 1.54) is 5.69 Å². The van der Waals surface area contributed by atoms with Crippen molar-refractivity contribution in [2.45, 2.75) is 26.3 Å². The van der Waals surface area contributed by atoms with Crippen LogP contribution < -0.4 is 15.5 Å². The molecule has 1 heterocycles. The van der Waals surface area contributed by atoms with E-state index in [0.717, 1.165) is 32.0 Å². The number of hydrogen-bond donors (Lipinski definition) is 2. The van der Waals surface area contributed by atoms with Crippen LogP contribution in [0.25, 0.3) is 0 Å². The van der Waals surface area contributed by atoms with Gasteiger partial charge in [0.15, 0.2) is 0 Å². The average molecular weight is 291 g/mol. The minimum atomic E-state index is -0.0580. The Balaban J connectivity index is 1.85. The second-order valence-electron chi connectivity index (χ2n) is 6.30. The van der Waals surface area contributed by atoms with Crippen molar-refractivity contribution in [3.63, 3.8) is 0 Å². The van der Waals surface area contributed by atoms with Crippen LogP contribution in [-0.2, 0) is 9.53 Å². The summed E-state index contributed by atoms with van der Waals surface area (Å²) >= 11 is 0. The van der Waals surface area contributed by atoms with Crippen molar-refractivity contribution in [3.05, 3.63) is 24.3 Å². The van der Waals surface area contributed by atoms with E-state index in [2.05, 4.69) is 15.5 Å². The zero-order chi connectivity index (χ0) is 15.3. The molecule has 1 fully saturated rings. The van der Waals surface area contributed by atoms with Crippen LogP contribution in [0.15, 0.2) is 24.3 Å². The van der Waals surface area contributed by atoms with E-state index >= 15 is 0 Å². The first-order valence-corrected chi connectivity index (χ1v) is 7.42. The molecule has 0 saturated carbocycles. The smallest absolute Gasteiger partial charge is 0.238 e. The summed E-state index contributed by atoms with van der Waals surface area (Å²) < 4.78 is 5.35. The maximum absolute atomic E-state index is 11.8. The molecule has 1 aliphatic heterocycles. The first-order chi connectivity index (χ1) is 9.94. The number of amides is 1. The van der Waals surface area contributed by atoms with Gasteiger partial charge in [-0.2, -0.15) is 0 Å². The summed E-state index contributed by atoms with van der Waals surface area (Å²) in [6.07, 6.45) is 0. The number of ether oxygens (including phenoxy) is 1. The zero-order valence-corrected chi connectivity index (χ0v) is 13.1. The van der Waals surface area contributed by atoms with Gasteiger partial charge in [-0.1, -0.05) is 0 Å². The fraction of sp³-hybridized carbons (Fsp3) is 0.562. The van der Waals surface area contributed by atoms with Gasteiger partial charge in [-0.25, -0.2) is 0 Å². The van der Waals surface area contributed by atoms with Crippen LogP contribution in [0, 0.1) is 0 Å². The molecular weight excluding hydrogens is 266 g/mol. The average Bonchev–Trinajstić information content (AvgIpc) is 2.46. The van der Waals surface area contributed by atoms with Gasteiger partial charge >= 0.3 is 0 Å². The number of benzene rings is 1. The number of carbonyl (C=O) groups is 1. The van der Waals surface area contributed by atoms with Crippen LogP contribution in [0.2, 0.25) is 0 Å². The highest BCUT2D eigenvalue weighted by Gasteiger charge is 2.13. The van der Waals surface area contributed by atoms with Gasteiger partial charge in [0.1, 0.15) is 0 Å². The van der Waals surface area contributed by atoms with Crippen molar-refractivity contribution in [2.75, 3.05) is 43.1 Å². The topological polar surface area (TPSA) is 53.6 Å². The lowest BCUT2D eigenvalue weighted by Crippen LogP contribution is -2.41. The third-order valence-corrected chi connectivity index (χ3v) is 3.31. The first kappa shape index (κ1) is 15.8. The molecule has 0 aliphatic carbocycles. The lowest BCUT2D eigenvalue weighted by Gasteiger charge is -2.28. The van der Waals surface area contributed by atoms with Crippen LogP contribution in [0.1, 0.15) is 20.8 Å². The van der Waals surface area contributed by atoms with E-state index in [9.17, 15) is 4.79 Å². The van der Waals surface area contributed by atoms with E-state index in [4.69, 9.17) is 4.74 Å². The summed E-state index contributed by atoms with van der Waals surface area (Å²) in [5.74, 6) is -0.0240. The van der Waals surface area contributed by atoms with E-state index in [0.29, 0.717) is 6.54 Å². The molecule has 1 amide bonds. The minimum absolute atomic E-state index is 0.0240. The monoisotopic (exact) mass is 291 g/mol. The molecule has 0 atom stereocenters. The summed E-state index contributed by atoms with van der Waals surface area (Å²) in [4.78, 5) is 14.1. The Morgan fingerprint density at radius 3 is 2.38 bits per heavy atom. The van der Waals surface area contributed by atoms with Crippen LogP contribution in [0.5, 0.6) is 0 Å². The van der Waals surface area contributed by atoms with Gasteiger partial charge in [0.05, 0.1) is 19.8 Å². The molecule has 21 heavy (non-hydrogen) atoms. The minimum Gasteiger partial charge on any atom is -0.378 e. The van der Waals surface area contributed by atoms with E-state index in [1.807, 2.05) is 45.0 Å². The number of carbonyl (C=O) groups excluding carboxylic acids is 1. The molecule has 0 spiro atoms. The van der Waals surface area contributed by atoms with E-state index in [1.54, 1.807) is 0 Å². The summed E-state index contributed by atoms with van der Waals surface area (Å²) in [7, 11) is 0. The number of rotatable bonds is 4. The number of hydrogen-bond acceptors (Lipinski definition) is 4. The van der Waals surface area contributed by atoms with Crippen LogP contribution in [-0.4, -0.2) is 44.3 Å². The molecular formula is C16H25N3O2. The van der Waals surface area contributed by atoms with Crippen molar-refractivity contribution < 1.29 is 9.53 Å². The number of nitrogens with one attached hydrogen (secondary N) is 2. The molecule has 1 aromatic carbocycles. The fourth-order valence-corrected chi connectivity index (χ4v) is 2.13. The van der Waals surface area contributed by atoms with Crippen molar-refractivity contribution in [3.8, 4) is 0 Å². The molecule has 0 aromatic heterocycles. The summed E-state index contributed by atoms with van der Waals surface area (Å²) in [5, 5.41) is 6.07. The third-order valence-electron chi connectivity index (χ3n) is 3.31. The molecule has 0 radical (unpaired) electrons. The maximum atomic E-state index is 11.8. The summed E-state index contributed by atoms with van der Waals surface area (Å²) in [6, 6.07) is 7.97. The van der Waals surface area contributed by atoms with Crippen molar-refractivity contribution in [2.24, 2.45) is 0 Å². The number of nitrogens with zero attached hydrogens (tertiary/aromatic N) is 1. The van der Waals surface area contributed by atoms with Gasteiger partial charge < -0.3 is 20.3 Å². The normalized spacial score (nSPS) is 15.9. The second-order valence-corrected chi connectivity index (χ2v) is 6.30. The highest BCUT2D eigenvalue weighted by molar-refractivity contribution is 5.92. The van der Waals surface area contributed by atoms with E-state index < -0.39 is 0 Å². The van der Waals surface area contributed by atoms with Crippen LogP contribution in [0.4, 0.5) is 11.4 Å². The predicted molar refractivity (Wildman–Crippen MR) is 85.9 cm³/mol. The summed E-state index contributed by atoms with van der Waals surface area (Å²) in [6.45, 7) is 9.82. The Morgan fingerprint density at radius 2 is 1.81 bits per heavy atom.